The Labute approximate surface area is 122 Å². The Morgan fingerprint density at radius 1 is 1.26 bits per heavy atom. The number of nitrogens with two attached hydrogens (primary N) is 1. The first-order chi connectivity index (χ1) is 8.95. The fourth-order valence-corrected chi connectivity index (χ4v) is 3.62. The van der Waals surface area contributed by atoms with Crippen LogP contribution in [0, 0.1) is 12.7 Å². The number of aryl methyl sites for hydroxylation is 1. The van der Waals surface area contributed by atoms with Crippen LogP contribution in [0.3, 0.4) is 0 Å². The lowest BCUT2D eigenvalue weighted by Gasteiger charge is -2.08. The minimum absolute atomic E-state index is 0.265. The van der Waals surface area contributed by atoms with E-state index in [0.29, 0.717) is 20.6 Å². The molecule has 0 radical (unpaired) electrons. The van der Waals surface area contributed by atoms with Crippen LogP contribution in [-0.2, 0) is 16.6 Å². The molecule has 0 aliphatic heterocycles. The molecule has 1 atom stereocenters. The van der Waals surface area contributed by atoms with Crippen LogP contribution < -0.4 is 5.73 Å². The highest BCUT2D eigenvalue weighted by atomic mass is 79.9. The Hall–Kier alpha value is -1.20. The van der Waals surface area contributed by atoms with Crippen molar-refractivity contribution in [3.63, 3.8) is 0 Å². The van der Waals surface area contributed by atoms with Crippen molar-refractivity contribution in [1.29, 1.82) is 0 Å². The summed E-state index contributed by atoms with van der Waals surface area (Å²) in [6, 6.07) is 9.85. The maximum Gasteiger partial charge on any atom is 0.124 e. The number of rotatable bonds is 3. The molecule has 0 saturated heterocycles. The first-order valence-electron chi connectivity index (χ1n) is 5.65. The molecule has 0 fully saturated rings. The fraction of sp³-hybridized carbons (Fsp3) is 0.143. The highest BCUT2D eigenvalue weighted by Crippen LogP contribution is 2.21. The monoisotopic (exact) mass is 341 g/mol. The second kappa shape index (κ2) is 5.84. The van der Waals surface area contributed by atoms with Crippen LogP contribution >= 0.6 is 15.9 Å². The first kappa shape index (κ1) is 14.2. The molecule has 2 nitrogen and oxygen atoms in total. The van der Waals surface area contributed by atoms with Crippen LogP contribution in [0.2, 0.25) is 0 Å². The molecular weight excluding hydrogens is 329 g/mol. The lowest BCUT2D eigenvalue weighted by Crippen LogP contribution is -2.00. The summed E-state index contributed by atoms with van der Waals surface area (Å²) in [5, 5.41) is 0. The van der Waals surface area contributed by atoms with Crippen LogP contribution in [-0.4, -0.2) is 4.21 Å². The quantitative estimate of drug-likeness (QED) is 0.863. The third-order valence-corrected chi connectivity index (χ3v) is 4.66. The van der Waals surface area contributed by atoms with Crippen LogP contribution in [0.15, 0.2) is 45.8 Å². The Bertz CT molecular complexity index is 625. The van der Waals surface area contributed by atoms with E-state index in [2.05, 4.69) is 15.9 Å². The molecule has 0 aromatic heterocycles. The van der Waals surface area contributed by atoms with Gasteiger partial charge < -0.3 is 5.73 Å². The first-order valence-corrected chi connectivity index (χ1v) is 7.76. The molecule has 0 saturated carbocycles. The van der Waals surface area contributed by atoms with E-state index in [1.807, 2.05) is 13.0 Å². The van der Waals surface area contributed by atoms with Crippen LogP contribution in [0.25, 0.3) is 0 Å². The smallest absolute Gasteiger partial charge is 0.124 e. The molecule has 2 aromatic rings. The lowest BCUT2D eigenvalue weighted by molar-refractivity contribution is 0.625. The molecule has 0 heterocycles. The van der Waals surface area contributed by atoms with Crippen molar-refractivity contribution >= 4 is 32.4 Å². The van der Waals surface area contributed by atoms with Gasteiger partial charge in [-0.15, -0.1) is 0 Å². The Morgan fingerprint density at radius 3 is 2.68 bits per heavy atom. The summed E-state index contributed by atoms with van der Waals surface area (Å²) in [6.45, 7) is 1.88. The molecule has 0 aliphatic carbocycles. The van der Waals surface area contributed by atoms with Gasteiger partial charge in [-0.2, -0.15) is 0 Å². The van der Waals surface area contributed by atoms with E-state index in [0.717, 1.165) is 5.56 Å². The van der Waals surface area contributed by atoms with Crippen molar-refractivity contribution in [2.75, 3.05) is 5.73 Å². The number of benzene rings is 2. The molecule has 2 rings (SSSR count). The van der Waals surface area contributed by atoms with Crippen LogP contribution in [0.1, 0.15) is 11.1 Å². The Morgan fingerprint density at radius 2 is 2.00 bits per heavy atom. The highest BCUT2D eigenvalue weighted by Gasteiger charge is 2.10. The van der Waals surface area contributed by atoms with Gasteiger partial charge in [-0.25, -0.2) is 4.39 Å². The van der Waals surface area contributed by atoms with Gasteiger partial charge in [0.25, 0.3) is 0 Å². The molecular formula is C14H13BrFNOS. The maximum atomic E-state index is 13.3. The van der Waals surface area contributed by atoms with E-state index in [1.54, 1.807) is 18.2 Å². The minimum atomic E-state index is -1.24. The molecule has 100 valence electrons. The molecule has 0 spiro atoms. The van der Waals surface area contributed by atoms with Crippen molar-refractivity contribution in [1.82, 2.24) is 0 Å². The van der Waals surface area contributed by atoms with Gasteiger partial charge >= 0.3 is 0 Å². The molecule has 0 aliphatic rings. The van der Waals surface area contributed by atoms with Crippen molar-refractivity contribution in [2.24, 2.45) is 0 Å². The third-order valence-electron chi connectivity index (χ3n) is 2.68. The van der Waals surface area contributed by atoms with Crippen molar-refractivity contribution < 1.29 is 8.60 Å². The molecule has 5 heteroatoms. The summed E-state index contributed by atoms with van der Waals surface area (Å²) in [7, 11) is -1.24. The summed E-state index contributed by atoms with van der Waals surface area (Å²) in [6.07, 6.45) is 0. The van der Waals surface area contributed by atoms with Gasteiger partial charge in [0.05, 0.1) is 16.6 Å². The lowest BCUT2D eigenvalue weighted by atomic mass is 10.2. The zero-order chi connectivity index (χ0) is 14.0. The zero-order valence-corrected chi connectivity index (χ0v) is 12.7. The normalized spacial score (nSPS) is 12.4. The Balaban J connectivity index is 2.28. The second-order valence-corrected chi connectivity index (χ2v) is 6.63. The number of nitrogen functional groups attached to an aromatic ring is 1. The predicted molar refractivity (Wildman–Crippen MR) is 79.8 cm³/mol. The summed E-state index contributed by atoms with van der Waals surface area (Å²) in [5.74, 6) is -0.0774. The van der Waals surface area contributed by atoms with E-state index in [9.17, 15) is 8.60 Å². The van der Waals surface area contributed by atoms with Gasteiger partial charge in [0, 0.05) is 15.1 Å². The summed E-state index contributed by atoms with van der Waals surface area (Å²) in [5.41, 5.74) is 7.89. The molecule has 2 aromatic carbocycles. The predicted octanol–water partition coefficient (Wildman–Crippen LogP) is 3.79. The van der Waals surface area contributed by atoms with E-state index in [4.69, 9.17) is 5.73 Å². The maximum absolute atomic E-state index is 13.3. The number of halogens is 2. The topological polar surface area (TPSA) is 43.1 Å². The largest absolute Gasteiger partial charge is 0.399 e. The average molecular weight is 342 g/mol. The van der Waals surface area contributed by atoms with Crippen LogP contribution in [0.5, 0.6) is 0 Å². The second-order valence-electron chi connectivity index (χ2n) is 4.29. The standard InChI is InChI=1S/C14H13BrFNOS/c1-9-2-3-13(17)7-14(9)19(18)8-10-4-11(15)6-12(16)5-10/h2-7H,8,17H2,1H3. The van der Waals surface area contributed by atoms with Crippen molar-refractivity contribution in [2.45, 2.75) is 17.6 Å². The third kappa shape index (κ3) is 3.64. The Kier molecular flexibility index (Phi) is 4.37. The average Bonchev–Trinajstić information content (AvgIpc) is 2.30. The van der Waals surface area contributed by atoms with Gasteiger partial charge in [-0.1, -0.05) is 22.0 Å². The summed E-state index contributed by atoms with van der Waals surface area (Å²) >= 11 is 3.23. The number of anilines is 1. The molecule has 1 unspecified atom stereocenters. The summed E-state index contributed by atoms with van der Waals surface area (Å²) < 4.78 is 26.2. The van der Waals surface area contributed by atoms with E-state index >= 15 is 0 Å². The van der Waals surface area contributed by atoms with E-state index in [1.165, 1.54) is 12.1 Å². The van der Waals surface area contributed by atoms with Gasteiger partial charge in [-0.3, -0.25) is 4.21 Å². The highest BCUT2D eigenvalue weighted by molar-refractivity contribution is 9.10. The van der Waals surface area contributed by atoms with Crippen molar-refractivity contribution in [3.05, 3.63) is 57.8 Å². The van der Waals surface area contributed by atoms with Gasteiger partial charge in [0.15, 0.2) is 0 Å². The van der Waals surface area contributed by atoms with Gasteiger partial charge in [-0.05, 0) is 48.4 Å². The molecule has 2 N–H and O–H groups in total. The number of hydrogen-bond donors (Lipinski definition) is 1. The SMILES string of the molecule is Cc1ccc(N)cc1S(=O)Cc1cc(F)cc(Br)c1. The fourth-order valence-electron chi connectivity index (χ4n) is 1.79. The van der Waals surface area contributed by atoms with E-state index < -0.39 is 10.8 Å². The zero-order valence-electron chi connectivity index (χ0n) is 10.3. The van der Waals surface area contributed by atoms with Crippen molar-refractivity contribution in [3.8, 4) is 0 Å². The van der Waals surface area contributed by atoms with E-state index in [-0.39, 0.29) is 11.6 Å². The summed E-state index contributed by atoms with van der Waals surface area (Å²) in [4.78, 5) is 0.695. The minimum Gasteiger partial charge on any atom is -0.399 e. The molecule has 0 bridgehead atoms. The van der Waals surface area contributed by atoms with Gasteiger partial charge in [0.2, 0.25) is 0 Å². The molecule has 19 heavy (non-hydrogen) atoms. The number of hydrogen-bond acceptors (Lipinski definition) is 2. The molecule has 0 amide bonds. The van der Waals surface area contributed by atoms with Gasteiger partial charge in [0.1, 0.15) is 5.82 Å². The van der Waals surface area contributed by atoms with Crippen LogP contribution in [0.4, 0.5) is 10.1 Å².